The van der Waals surface area contributed by atoms with Crippen molar-refractivity contribution in [2.45, 2.75) is 18.2 Å². The summed E-state index contributed by atoms with van der Waals surface area (Å²) in [5, 5.41) is 0. The fraction of sp³-hybridized carbons (Fsp3) is 0.333. The molecular weight excluding hydrogens is 286 g/mol. The van der Waals surface area contributed by atoms with Crippen LogP contribution in [0.4, 0.5) is 0 Å². The summed E-state index contributed by atoms with van der Waals surface area (Å²) < 4.78 is 33.8. The molecular formula is C12H17NO6S. The minimum atomic E-state index is -4.02. The fourth-order valence-electron chi connectivity index (χ4n) is 1.02. The number of methoxy groups -OCH3 is 1. The van der Waals surface area contributed by atoms with E-state index in [0.29, 0.717) is 0 Å². The van der Waals surface area contributed by atoms with Crippen LogP contribution < -0.4 is 5.73 Å². The van der Waals surface area contributed by atoms with E-state index in [1.807, 2.05) is 6.92 Å². The van der Waals surface area contributed by atoms with Crippen LogP contribution in [0.25, 0.3) is 0 Å². The lowest BCUT2D eigenvalue weighted by atomic mass is 10.2. The van der Waals surface area contributed by atoms with Crippen molar-refractivity contribution >= 4 is 21.9 Å². The molecule has 0 aliphatic carbocycles. The van der Waals surface area contributed by atoms with E-state index in [4.69, 9.17) is 10.3 Å². The molecule has 0 atom stereocenters. The minimum Gasteiger partial charge on any atom is -0.469 e. The zero-order chi connectivity index (χ0) is 15.8. The molecule has 8 heteroatoms. The van der Waals surface area contributed by atoms with Crippen molar-refractivity contribution in [3.63, 3.8) is 0 Å². The van der Waals surface area contributed by atoms with Crippen molar-refractivity contribution in [3.05, 3.63) is 29.8 Å². The summed E-state index contributed by atoms with van der Waals surface area (Å²) in [7, 11) is -2.79. The number of ketones is 1. The highest BCUT2D eigenvalue weighted by atomic mass is 32.2. The molecule has 112 valence electrons. The summed E-state index contributed by atoms with van der Waals surface area (Å²) in [6, 6.07) is 5.99. The van der Waals surface area contributed by atoms with E-state index in [0.717, 1.165) is 5.56 Å². The lowest BCUT2D eigenvalue weighted by Crippen LogP contribution is -2.17. The van der Waals surface area contributed by atoms with E-state index in [-0.39, 0.29) is 23.6 Å². The zero-order valence-corrected chi connectivity index (χ0v) is 12.0. The average Bonchev–Trinajstić information content (AvgIpc) is 2.38. The van der Waals surface area contributed by atoms with Crippen LogP contribution in [-0.4, -0.2) is 38.4 Å². The summed E-state index contributed by atoms with van der Waals surface area (Å²) in [5.74, 6) is -0.840. The molecule has 0 heterocycles. The standard InChI is InChI=1S/C7H8O3S.C5H9NO3/c1-6-2-4-7(5-3-6)11(8,9)10;1-9-5(8)2-4(7)3-6/h2-5H,1H3,(H,8,9,10);2-3,6H2,1H3. The van der Waals surface area contributed by atoms with Crippen molar-refractivity contribution in [2.24, 2.45) is 5.73 Å². The molecule has 0 saturated heterocycles. The number of benzene rings is 1. The molecule has 0 saturated carbocycles. The topological polar surface area (TPSA) is 124 Å². The van der Waals surface area contributed by atoms with E-state index in [1.165, 1.54) is 19.2 Å². The summed E-state index contributed by atoms with van der Waals surface area (Å²) >= 11 is 0. The van der Waals surface area contributed by atoms with Crippen LogP contribution in [0, 0.1) is 6.92 Å². The van der Waals surface area contributed by atoms with E-state index >= 15 is 0 Å². The predicted octanol–water partition coefficient (Wildman–Crippen LogP) is 0.319. The highest BCUT2D eigenvalue weighted by Gasteiger charge is 2.07. The third-order valence-corrected chi connectivity index (χ3v) is 2.98. The van der Waals surface area contributed by atoms with Gasteiger partial charge in [0.2, 0.25) is 0 Å². The van der Waals surface area contributed by atoms with Gasteiger partial charge in [-0.05, 0) is 19.1 Å². The highest BCUT2D eigenvalue weighted by Crippen LogP contribution is 2.08. The van der Waals surface area contributed by atoms with Crippen LogP contribution >= 0.6 is 0 Å². The largest absolute Gasteiger partial charge is 0.469 e. The van der Waals surface area contributed by atoms with Gasteiger partial charge < -0.3 is 10.5 Å². The number of ether oxygens (including phenoxy) is 1. The quantitative estimate of drug-likeness (QED) is 0.466. The Morgan fingerprint density at radius 1 is 1.25 bits per heavy atom. The van der Waals surface area contributed by atoms with Crippen LogP contribution in [0.3, 0.4) is 0 Å². The van der Waals surface area contributed by atoms with Gasteiger partial charge in [-0.15, -0.1) is 0 Å². The summed E-state index contributed by atoms with van der Waals surface area (Å²) in [5.41, 5.74) is 5.87. The maximum absolute atomic E-state index is 10.5. The van der Waals surface area contributed by atoms with Gasteiger partial charge in [0.05, 0.1) is 18.6 Å². The first-order valence-corrected chi connectivity index (χ1v) is 6.97. The van der Waals surface area contributed by atoms with Crippen molar-refractivity contribution in [2.75, 3.05) is 13.7 Å². The number of carbonyl (C=O) groups excluding carboxylic acids is 2. The van der Waals surface area contributed by atoms with Gasteiger partial charge in [0.25, 0.3) is 10.1 Å². The number of aryl methyl sites for hydroxylation is 1. The third kappa shape index (κ3) is 7.62. The molecule has 1 rings (SSSR count). The van der Waals surface area contributed by atoms with Crippen molar-refractivity contribution in [1.82, 2.24) is 0 Å². The number of esters is 1. The molecule has 3 N–H and O–H groups in total. The molecule has 1 aromatic rings. The van der Waals surface area contributed by atoms with Crippen LogP contribution in [0.5, 0.6) is 0 Å². The van der Waals surface area contributed by atoms with Gasteiger partial charge in [0, 0.05) is 0 Å². The molecule has 20 heavy (non-hydrogen) atoms. The van der Waals surface area contributed by atoms with Gasteiger partial charge in [-0.1, -0.05) is 17.7 Å². The molecule has 1 aromatic carbocycles. The molecule has 0 spiro atoms. The maximum atomic E-state index is 10.5. The number of carbonyl (C=O) groups is 2. The Balaban J connectivity index is 0.000000370. The van der Waals surface area contributed by atoms with Crippen LogP contribution in [0.2, 0.25) is 0 Å². The second-order valence-corrected chi connectivity index (χ2v) is 5.21. The molecule has 0 aliphatic rings. The van der Waals surface area contributed by atoms with Crippen molar-refractivity contribution in [1.29, 1.82) is 0 Å². The maximum Gasteiger partial charge on any atom is 0.313 e. The molecule has 0 amide bonds. The van der Waals surface area contributed by atoms with Crippen LogP contribution in [-0.2, 0) is 24.4 Å². The SMILES string of the molecule is COC(=O)CC(=O)CN.Cc1ccc(S(=O)(=O)O)cc1. The van der Waals surface area contributed by atoms with Crippen molar-refractivity contribution in [3.8, 4) is 0 Å². The Kier molecular flexibility index (Phi) is 7.67. The Labute approximate surface area is 117 Å². The fourth-order valence-corrected chi connectivity index (χ4v) is 1.50. The Bertz CT molecular complexity index is 536. The summed E-state index contributed by atoms with van der Waals surface area (Å²) in [6.07, 6.45) is -0.215. The van der Waals surface area contributed by atoms with E-state index < -0.39 is 16.1 Å². The zero-order valence-electron chi connectivity index (χ0n) is 11.2. The molecule has 0 unspecified atom stereocenters. The lowest BCUT2D eigenvalue weighted by Gasteiger charge is -1.95. The highest BCUT2D eigenvalue weighted by molar-refractivity contribution is 7.85. The number of Topliss-reactive ketones (excluding diaryl/α,β-unsaturated/α-hetero) is 1. The minimum absolute atomic E-state index is 0.0666. The van der Waals surface area contributed by atoms with Gasteiger partial charge in [0.1, 0.15) is 6.42 Å². The van der Waals surface area contributed by atoms with Gasteiger partial charge in [0.15, 0.2) is 5.78 Å². The number of nitrogens with two attached hydrogens (primary N) is 1. The van der Waals surface area contributed by atoms with Crippen LogP contribution in [0.15, 0.2) is 29.2 Å². The lowest BCUT2D eigenvalue weighted by molar-refractivity contribution is -0.143. The third-order valence-electron chi connectivity index (χ3n) is 2.12. The number of hydrogen-bond donors (Lipinski definition) is 2. The number of rotatable bonds is 4. The van der Waals surface area contributed by atoms with E-state index in [2.05, 4.69) is 4.74 Å². The molecule has 0 bridgehead atoms. The normalized spacial score (nSPS) is 10.2. The van der Waals surface area contributed by atoms with Crippen molar-refractivity contribution < 1.29 is 27.3 Å². The Morgan fingerprint density at radius 3 is 2.10 bits per heavy atom. The molecule has 0 fully saturated rings. The second kappa shape index (κ2) is 8.41. The Hall–Kier alpha value is -1.77. The predicted molar refractivity (Wildman–Crippen MR) is 71.7 cm³/mol. The molecule has 0 aromatic heterocycles. The van der Waals surface area contributed by atoms with E-state index in [1.54, 1.807) is 12.1 Å². The first-order valence-electron chi connectivity index (χ1n) is 5.53. The number of hydrogen-bond acceptors (Lipinski definition) is 6. The van der Waals surface area contributed by atoms with Gasteiger partial charge >= 0.3 is 5.97 Å². The first-order chi connectivity index (χ1) is 9.20. The van der Waals surface area contributed by atoms with E-state index in [9.17, 15) is 18.0 Å². The average molecular weight is 303 g/mol. The Morgan fingerprint density at radius 2 is 1.75 bits per heavy atom. The smallest absolute Gasteiger partial charge is 0.313 e. The van der Waals surface area contributed by atoms with Gasteiger partial charge in [-0.25, -0.2) is 0 Å². The van der Waals surface area contributed by atoms with Gasteiger partial charge in [-0.2, -0.15) is 8.42 Å². The van der Waals surface area contributed by atoms with Crippen LogP contribution in [0.1, 0.15) is 12.0 Å². The summed E-state index contributed by atoms with van der Waals surface area (Å²) in [6.45, 7) is 1.74. The molecule has 0 radical (unpaired) electrons. The second-order valence-electron chi connectivity index (χ2n) is 3.78. The molecule has 0 aliphatic heterocycles. The summed E-state index contributed by atoms with van der Waals surface area (Å²) in [4.78, 5) is 20.6. The first kappa shape index (κ1) is 18.2. The van der Waals surface area contributed by atoms with Gasteiger partial charge in [-0.3, -0.25) is 14.1 Å². The monoisotopic (exact) mass is 303 g/mol. The molecule has 7 nitrogen and oxygen atoms in total.